The van der Waals surface area contributed by atoms with Gasteiger partial charge in [0, 0.05) is 24.5 Å². The van der Waals surface area contributed by atoms with Crippen LogP contribution in [-0.2, 0) is 0 Å². The molecule has 0 aliphatic heterocycles. The number of rotatable bonds is 10. The summed E-state index contributed by atoms with van der Waals surface area (Å²) in [4.78, 5) is 15.9. The molecule has 0 aliphatic rings. The number of nitrogens with zero attached hydrogens (tertiary/aromatic N) is 5. The number of ether oxygens (including phenoxy) is 3. The highest BCUT2D eigenvalue weighted by atomic mass is 16.5. The summed E-state index contributed by atoms with van der Waals surface area (Å²) in [5.41, 5.74) is 2.49. The zero-order chi connectivity index (χ0) is 25.6. The second-order valence-electron chi connectivity index (χ2n) is 8.51. The molecule has 2 aromatic heterocycles. The van der Waals surface area contributed by atoms with E-state index in [9.17, 15) is 0 Å². The molecule has 5 rings (SSSR count). The van der Waals surface area contributed by atoms with E-state index in [1.807, 2.05) is 97.5 Å². The summed E-state index contributed by atoms with van der Waals surface area (Å²) in [6.07, 6.45) is 1.70. The van der Waals surface area contributed by atoms with E-state index >= 15 is 0 Å². The van der Waals surface area contributed by atoms with Gasteiger partial charge >= 0.3 is 6.01 Å². The SMILES string of the molecule is COc1ccccc1Oc1nc2ccccc2n1-c1ccnc(Nc2ccc(OCCN(C)C)cc2)n1. The molecule has 0 fully saturated rings. The summed E-state index contributed by atoms with van der Waals surface area (Å²) in [6, 6.07) is 25.1. The molecule has 0 spiro atoms. The van der Waals surface area contributed by atoms with Crippen molar-refractivity contribution in [3.05, 3.63) is 85.1 Å². The third-order valence-electron chi connectivity index (χ3n) is 5.59. The number of para-hydroxylation sites is 4. The van der Waals surface area contributed by atoms with E-state index in [4.69, 9.17) is 24.2 Å². The van der Waals surface area contributed by atoms with Crippen LogP contribution in [-0.4, -0.2) is 58.8 Å². The van der Waals surface area contributed by atoms with Crippen molar-refractivity contribution in [1.82, 2.24) is 24.4 Å². The Morgan fingerprint density at radius 2 is 1.62 bits per heavy atom. The molecule has 0 saturated carbocycles. The van der Waals surface area contributed by atoms with Crippen LogP contribution in [0.3, 0.4) is 0 Å². The van der Waals surface area contributed by atoms with Crippen LogP contribution in [0.1, 0.15) is 0 Å². The Morgan fingerprint density at radius 3 is 2.41 bits per heavy atom. The molecule has 0 unspecified atom stereocenters. The van der Waals surface area contributed by atoms with E-state index in [1.165, 1.54) is 0 Å². The van der Waals surface area contributed by atoms with Crippen LogP contribution in [0, 0.1) is 0 Å². The molecule has 9 heteroatoms. The molecule has 2 heterocycles. The Morgan fingerprint density at radius 1 is 0.865 bits per heavy atom. The molecule has 0 atom stereocenters. The van der Waals surface area contributed by atoms with Crippen molar-refractivity contribution >= 4 is 22.7 Å². The van der Waals surface area contributed by atoms with Crippen molar-refractivity contribution in [2.45, 2.75) is 0 Å². The van der Waals surface area contributed by atoms with Crippen LogP contribution in [0.4, 0.5) is 11.6 Å². The summed E-state index contributed by atoms with van der Waals surface area (Å²) in [6.45, 7) is 1.48. The molecule has 5 aromatic rings. The molecule has 188 valence electrons. The lowest BCUT2D eigenvalue weighted by molar-refractivity contribution is 0.261. The first-order valence-electron chi connectivity index (χ1n) is 11.9. The van der Waals surface area contributed by atoms with Crippen molar-refractivity contribution in [3.8, 4) is 29.1 Å². The largest absolute Gasteiger partial charge is 0.493 e. The Bertz CT molecular complexity index is 1480. The van der Waals surface area contributed by atoms with E-state index in [0.29, 0.717) is 35.9 Å². The Balaban J connectivity index is 1.42. The second-order valence-corrected chi connectivity index (χ2v) is 8.51. The van der Waals surface area contributed by atoms with Gasteiger partial charge in [-0.1, -0.05) is 24.3 Å². The number of benzene rings is 3. The summed E-state index contributed by atoms with van der Waals surface area (Å²) >= 11 is 0. The van der Waals surface area contributed by atoms with Gasteiger partial charge in [0.05, 0.1) is 18.1 Å². The molecular formula is C28H28N6O3. The number of aromatic nitrogens is 4. The highest BCUT2D eigenvalue weighted by Gasteiger charge is 2.17. The molecule has 0 bridgehead atoms. The lowest BCUT2D eigenvalue weighted by atomic mass is 10.3. The van der Waals surface area contributed by atoms with Crippen molar-refractivity contribution in [3.63, 3.8) is 0 Å². The molecule has 3 aromatic carbocycles. The fraction of sp³-hybridized carbons (Fsp3) is 0.179. The number of imidazole rings is 1. The smallest absolute Gasteiger partial charge is 0.309 e. The number of hydrogen-bond acceptors (Lipinski definition) is 8. The van der Waals surface area contributed by atoms with Crippen LogP contribution < -0.4 is 19.5 Å². The van der Waals surface area contributed by atoms with Crippen LogP contribution in [0.15, 0.2) is 85.1 Å². The van der Waals surface area contributed by atoms with Gasteiger partial charge in [0.1, 0.15) is 18.2 Å². The van der Waals surface area contributed by atoms with Gasteiger partial charge in [-0.25, -0.2) is 9.55 Å². The highest BCUT2D eigenvalue weighted by Crippen LogP contribution is 2.34. The van der Waals surface area contributed by atoms with Crippen LogP contribution >= 0.6 is 0 Å². The molecule has 0 amide bonds. The summed E-state index contributed by atoms with van der Waals surface area (Å²) in [7, 11) is 5.64. The van der Waals surface area contributed by atoms with Gasteiger partial charge in [-0.2, -0.15) is 9.97 Å². The molecular weight excluding hydrogens is 468 g/mol. The lowest BCUT2D eigenvalue weighted by Gasteiger charge is -2.13. The van der Waals surface area contributed by atoms with Crippen LogP contribution in [0.5, 0.6) is 23.3 Å². The fourth-order valence-corrected chi connectivity index (χ4v) is 3.74. The van der Waals surface area contributed by atoms with Gasteiger partial charge in [-0.05, 0) is 62.6 Å². The molecule has 0 aliphatic carbocycles. The Labute approximate surface area is 215 Å². The minimum atomic E-state index is 0.370. The normalized spacial score (nSPS) is 11.0. The maximum Gasteiger partial charge on any atom is 0.309 e. The van der Waals surface area contributed by atoms with Crippen molar-refractivity contribution < 1.29 is 14.2 Å². The Kier molecular flexibility index (Phi) is 7.14. The van der Waals surface area contributed by atoms with E-state index in [-0.39, 0.29) is 0 Å². The zero-order valence-electron chi connectivity index (χ0n) is 21.0. The van der Waals surface area contributed by atoms with Gasteiger partial charge in [-0.3, -0.25) is 0 Å². The van der Waals surface area contributed by atoms with Gasteiger partial charge in [-0.15, -0.1) is 0 Å². The molecule has 0 saturated heterocycles. The Hall–Kier alpha value is -4.63. The first kappa shape index (κ1) is 24.1. The van der Waals surface area contributed by atoms with Gasteiger partial charge in [0.25, 0.3) is 0 Å². The van der Waals surface area contributed by atoms with Gasteiger partial charge in [0.15, 0.2) is 11.5 Å². The molecule has 0 radical (unpaired) electrons. The van der Waals surface area contributed by atoms with Crippen molar-refractivity contribution in [1.29, 1.82) is 0 Å². The lowest BCUT2D eigenvalue weighted by Crippen LogP contribution is -2.19. The van der Waals surface area contributed by atoms with Crippen LogP contribution in [0.2, 0.25) is 0 Å². The predicted octanol–water partition coefficient (Wildman–Crippen LogP) is 5.30. The standard InChI is InChI=1S/C28H28N6O3/c1-33(2)18-19-36-21-14-12-20(13-15-21)30-27-29-17-16-26(32-27)34-23-9-5-4-8-22(23)31-28(34)37-25-11-7-6-10-24(25)35-3/h4-17H,18-19H2,1-3H3,(H,29,30,32). The maximum absolute atomic E-state index is 6.22. The van der Waals surface area contributed by atoms with Crippen molar-refractivity contribution in [2.75, 3.05) is 39.7 Å². The van der Waals surface area contributed by atoms with E-state index < -0.39 is 0 Å². The third kappa shape index (κ3) is 5.62. The van der Waals surface area contributed by atoms with Crippen molar-refractivity contribution in [2.24, 2.45) is 0 Å². The topological polar surface area (TPSA) is 86.6 Å². The maximum atomic E-state index is 6.22. The fourth-order valence-electron chi connectivity index (χ4n) is 3.74. The highest BCUT2D eigenvalue weighted by molar-refractivity contribution is 5.79. The number of anilines is 2. The summed E-state index contributed by atoms with van der Waals surface area (Å²) in [5, 5.41) is 3.26. The molecule has 37 heavy (non-hydrogen) atoms. The summed E-state index contributed by atoms with van der Waals surface area (Å²) < 4.78 is 19.3. The minimum absolute atomic E-state index is 0.370. The minimum Gasteiger partial charge on any atom is -0.493 e. The number of nitrogens with one attached hydrogen (secondary N) is 1. The monoisotopic (exact) mass is 496 g/mol. The second kappa shape index (κ2) is 11.0. The first-order chi connectivity index (χ1) is 18.1. The van der Waals surface area contributed by atoms with E-state index in [0.717, 1.165) is 29.0 Å². The average molecular weight is 497 g/mol. The first-order valence-corrected chi connectivity index (χ1v) is 11.9. The van der Waals surface area contributed by atoms with Gasteiger partial charge < -0.3 is 24.4 Å². The predicted molar refractivity (Wildman–Crippen MR) is 144 cm³/mol. The quantitative estimate of drug-likeness (QED) is 0.279. The van der Waals surface area contributed by atoms with E-state index in [2.05, 4.69) is 15.2 Å². The van der Waals surface area contributed by atoms with E-state index in [1.54, 1.807) is 13.3 Å². The van der Waals surface area contributed by atoms with Gasteiger partial charge in [0.2, 0.25) is 5.95 Å². The number of likely N-dealkylation sites (N-methyl/N-ethyl adjacent to an activating group) is 1. The zero-order valence-corrected chi connectivity index (χ0v) is 21.0. The number of fused-ring (bicyclic) bond motifs is 1. The molecule has 9 nitrogen and oxygen atoms in total. The summed E-state index contributed by atoms with van der Waals surface area (Å²) in [5.74, 6) is 3.03. The average Bonchev–Trinajstić information content (AvgIpc) is 3.28. The van der Waals surface area contributed by atoms with Crippen LogP contribution in [0.25, 0.3) is 16.9 Å². The number of methoxy groups -OCH3 is 1. The number of hydrogen-bond donors (Lipinski definition) is 1. The molecule has 1 N–H and O–H groups in total. The third-order valence-corrected chi connectivity index (χ3v) is 5.59.